The van der Waals surface area contributed by atoms with Crippen LogP contribution in [0, 0.1) is 5.92 Å². The van der Waals surface area contributed by atoms with Crippen LogP contribution in [0.5, 0.6) is 0 Å². The number of carboxylic acids is 1. The van der Waals surface area contributed by atoms with Crippen LogP contribution >= 0.6 is 0 Å². The highest BCUT2D eigenvalue weighted by atomic mass is 16.4. The summed E-state index contributed by atoms with van der Waals surface area (Å²) in [6, 6.07) is 6.25. The number of benzene rings is 1. The summed E-state index contributed by atoms with van der Waals surface area (Å²) in [6.45, 7) is 3.51. The third kappa shape index (κ3) is 2.76. The topological polar surface area (TPSA) is 82.2 Å². The summed E-state index contributed by atoms with van der Waals surface area (Å²) >= 11 is 0. The molecule has 1 heterocycles. The standard InChI is InChI=1S/C14H16N2O3/c1-8(2)12(14(18)19)16-13(17)10-4-3-9-5-6-15-11(9)7-10/h3-8,12,15H,1-2H3,(H,16,17)(H,18,19)/t12-/m0/s1. The molecule has 0 saturated heterocycles. The predicted molar refractivity (Wildman–Crippen MR) is 72.0 cm³/mol. The van der Waals surface area contributed by atoms with E-state index in [0.29, 0.717) is 5.56 Å². The molecule has 0 radical (unpaired) electrons. The lowest BCUT2D eigenvalue weighted by Gasteiger charge is -2.17. The Hall–Kier alpha value is -2.30. The van der Waals surface area contributed by atoms with E-state index in [9.17, 15) is 9.59 Å². The monoisotopic (exact) mass is 260 g/mol. The molecule has 3 N–H and O–H groups in total. The van der Waals surface area contributed by atoms with Gasteiger partial charge in [-0.3, -0.25) is 4.79 Å². The molecule has 1 aromatic heterocycles. The van der Waals surface area contributed by atoms with Crippen LogP contribution in [-0.2, 0) is 4.79 Å². The largest absolute Gasteiger partial charge is 0.480 e. The zero-order valence-corrected chi connectivity index (χ0v) is 10.8. The van der Waals surface area contributed by atoms with E-state index >= 15 is 0 Å². The molecule has 2 aromatic rings. The number of aromatic amines is 1. The second-order valence-corrected chi connectivity index (χ2v) is 4.81. The van der Waals surface area contributed by atoms with Crippen molar-refractivity contribution in [2.45, 2.75) is 19.9 Å². The van der Waals surface area contributed by atoms with Crippen molar-refractivity contribution in [1.82, 2.24) is 10.3 Å². The molecular formula is C14H16N2O3. The fourth-order valence-corrected chi connectivity index (χ4v) is 1.93. The molecule has 1 aromatic carbocycles. The van der Waals surface area contributed by atoms with Crippen LogP contribution in [0.3, 0.4) is 0 Å². The first-order valence-electron chi connectivity index (χ1n) is 6.10. The van der Waals surface area contributed by atoms with Crippen LogP contribution in [0.4, 0.5) is 0 Å². The van der Waals surface area contributed by atoms with Crippen molar-refractivity contribution < 1.29 is 14.7 Å². The van der Waals surface area contributed by atoms with Gasteiger partial charge < -0.3 is 15.4 Å². The minimum atomic E-state index is -1.02. The molecule has 0 unspecified atom stereocenters. The first kappa shape index (κ1) is 13.1. The van der Waals surface area contributed by atoms with E-state index in [-0.39, 0.29) is 11.8 Å². The maximum Gasteiger partial charge on any atom is 0.326 e. The molecule has 0 saturated carbocycles. The number of rotatable bonds is 4. The number of amides is 1. The number of aliphatic carboxylic acids is 1. The summed E-state index contributed by atoms with van der Waals surface area (Å²) in [5, 5.41) is 12.6. The van der Waals surface area contributed by atoms with E-state index < -0.39 is 12.0 Å². The van der Waals surface area contributed by atoms with Gasteiger partial charge in [-0.2, -0.15) is 0 Å². The molecule has 1 atom stereocenters. The van der Waals surface area contributed by atoms with Gasteiger partial charge in [-0.25, -0.2) is 4.79 Å². The molecule has 0 aliphatic heterocycles. The van der Waals surface area contributed by atoms with Crippen LogP contribution < -0.4 is 5.32 Å². The normalized spacial score (nSPS) is 12.6. The molecule has 0 bridgehead atoms. The number of carboxylic acid groups (broad SMARTS) is 1. The number of hydrogen-bond donors (Lipinski definition) is 3. The summed E-state index contributed by atoms with van der Waals surface area (Å²) in [7, 11) is 0. The van der Waals surface area contributed by atoms with E-state index in [1.807, 2.05) is 12.1 Å². The van der Waals surface area contributed by atoms with Gasteiger partial charge in [-0.15, -0.1) is 0 Å². The fourth-order valence-electron chi connectivity index (χ4n) is 1.93. The summed E-state index contributed by atoms with van der Waals surface area (Å²) in [6.07, 6.45) is 1.79. The third-order valence-corrected chi connectivity index (χ3v) is 3.04. The van der Waals surface area contributed by atoms with Gasteiger partial charge in [0.2, 0.25) is 0 Å². The number of aromatic nitrogens is 1. The summed E-state index contributed by atoms with van der Waals surface area (Å²) < 4.78 is 0. The average Bonchev–Trinajstić information content (AvgIpc) is 2.81. The lowest BCUT2D eigenvalue weighted by molar-refractivity contribution is -0.140. The Balaban J connectivity index is 2.21. The molecule has 19 heavy (non-hydrogen) atoms. The molecule has 0 aliphatic carbocycles. The molecule has 2 rings (SSSR count). The molecule has 5 nitrogen and oxygen atoms in total. The smallest absolute Gasteiger partial charge is 0.326 e. The maximum atomic E-state index is 12.0. The zero-order chi connectivity index (χ0) is 14.0. The summed E-state index contributed by atoms with van der Waals surface area (Å²) in [4.78, 5) is 26.1. The lowest BCUT2D eigenvalue weighted by atomic mass is 10.0. The van der Waals surface area contributed by atoms with Crippen molar-refractivity contribution in [3.8, 4) is 0 Å². The molecule has 0 fully saturated rings. The number of carbonyl (C=O) groups excluding carboxylic acids is 1. The van der Waals surface area contributed by atoms with Crippen LogP contribution in [0.2, 0.25) is 0 Å². The number of H-pyrrole nitrogens is 1. The Kier molecular flexibility index (Phi) is 3.55. The second kappa shape index (κ2) is 5.14. The first-order chi connectivity index (χ1) is 8.99. The van der Waals surface area contributed by atoms with Gasteiger partial charge in [-0.1, -0.05) is 19.9 Å². The van der Waals surface area contributed by atoms with Crippen molar-refractivity contribution >= 4 is 22.8 Å². The van der Waals surface area contributed by atoms with Gasteiger partial charge in [0.15, 0.2) is 0 Å². The van der Waals surface area contributed by atoms with E-state index in [0.717, 1.165) is 10.9 Å². The Bertz CT molecular complexity index is 616. The predicted octanol–water partition coefficient (Wildman–Crippen LogP) is 2.01. The van der Waals surface area contributed by atoms with Crippen molar-refractivity contribution in [3.05, 3.63) is 36.0 Å². The molecule has 0 aliphatic rings. The van der Waals surface area contributed by atoms with E-state index in [1.54, 1.807) is 32.2 Å². The Morgan fingerprint density at radius 1 is 1.26 bits per heavy atom. The minimum absolute atomic E-state index is 0.171. The van der Waals surface area contributed by atoms with Gasteiger partial charge in [0.1, 0.15) is 6.04 Å². The van der Waals surface area contributed by atoms with Gasteiger partial charge in [0, 0.05) is 17.3 Å². The SMILES string of the molecule is CC(C)[C@H](NC(=O)c1ccc2cc[nH]c2c1)C(=O)O. The highest BCUT2D eigenvalue weighted by Crippen LogP contribution is 2.14. The van der Waals surface area contributed by atoms with Crippen molar-refractivity contribution in [1.29, 1.82) is 0 Å². The quantitative estimate of drug-likeness (QED) is 0.786. The Labute approximate surface area is 110 Å². The van der Waals surface area contributed by atoms with E-state index in [1.165, 1.54) is 0 Å². The number of fused-ring (bicyclic) bond motifs is 1. The zero-order valence-electron chi connectivity index (χ0n) is 10.8. The number of hydrogen-bond acceptors (Lipinski definition) is 2. The minimum Gasteiger partial charge on any atom is -0.480 e. The lowest BCUT2D eigenvalue weighted by Crippen LogP contribution is -2.44. The van der Waals surface area contributed by atoms with Crippen molar-refractivity contribution in [2.24, 2.45) is 5.92 Å². The van der Waals surface area contributed by atoms with Crippen LogP contribution in [0.1, 0.15) is 24.2 Å². The molecule has 100 valence electrons. The van der Waals surface area contributed by atoms with Gasteiger partial charge in [0.25, 0.3) is 5.91 Å². The second-order valence-electron chi connectivity index (χ2n) is 4.81. The first-order valence-corrected chi connectivity index (χ1v) is 6.10. The fraction of sp³-hybridized carbons (Fsp3) is 0.286. The van der Waals surface area contributed by atoms with Gasteiger partial charge in [0.05, 0.1) is 0 Å². The molecule has 5 heteroatoms. The molecular weight excluding hydrogens is 244 g/mol. The molecule has 0 spiro atoms. The molecule has 1 amide bonds. The van der Waals surface area contributed by atoms with Gasteiger partial charge in [-0.05, 0) is 29.5 Å². The Morgan fingerprint density at radius 3 is 2.63 bits per heavy atom. The van der Waals surface area contributed by atoms with Gasteiger partial charge >= 0.3 is 5.97 Å². The summed E-state index contributed by atoms with van der Waals surface area (Å²) in [5.74, 6) is -1.57. The number of carbonyl (C=O) groups is 2. The van der Waals surface area contributed by atoms with Crippen LogP contribution in [0.15, 0.2) is 30.5 Å². The number of nitrogens with one attached hydrogen (secondary N) is 2. The highest BCUT2D eigenvalue weighted by molar-refractivity contribution is 5.99. The third-order valence-electron chi connectivity index (χ3n) is 3.04. The van der Waals surface area contributed by atoms with Crippen LogP contribution in [-0.4, -0.2) is 28.0 Å². The highest BCUT2D eigenvalue weighted by Gasteiger charge is 2.23. The average molecular weight is 260 g/mol. The summed E-state index contributed by atoms with van der Waals surface area (Å²) in [5.41, 5.74) is 1.30. The van der Waals surface area contributed by atoms with Crippen molar-refractivity contribution in [3.63, 3.8) is 0 Å². The maximum absolute atomic E-state index is 12.0. The Morgan fingerprint density at radius 2 is 2.00 bits per heavy atom. The van der Waals surface area contributed by atoms with E-state index in [4.69, 9.17) is 5.11 Å². The van der Waals surface area contributed by atoms with Crippen molar-refractivity contribution in [2.75, 3.05) is 0 Å². The van der Waals surface area contributed by atoms with E-state index in [2.05, 4.69) is 10.3 Å². The van der Waals surface area contributed by atoms with Crippen LogP contribution in [0.25, 0.3) is 10.9 Å².